The number of carboxylic acid groups (broad SMARTS) is 1. The zero-order valence-corrected chi connectivity index (χ0v) is 9.52. The number of carboxylic acids is 1. The standard InChI is InChI=1S/C10H20N2O4.CH4/c11-4-2-1-3-7(10(15)16)5-9(14)8(12)6-13;/h7-8,13H,1-6,11-12H2,(H,15,16);1H4/p+2. The highest BCUT2D eigenvalue weighted by Gasteiger charge is 2.25. The van der Waals surface area contributed by atoms with E-state index in [2.05, 4.69) is 11.5 Å². The minimum atomic E-state index is -0.956. The van der Waals surface area contributed by atoms with Crippen LogP contribution in [0.1, 0.15) is 33.1 Å². The normalized spacial score (nSPS) is 13.6. The van der Waals surface area contributed by atoms with Crippen molar-refractivity contribution >= 4 is 11.8 Å². The average molecular weight is 250 g/mol. The lowest BCUT2D eigenvalue weighted by molar-refractivity contribution is -0.408. The highest BCUT2D eigenvalue weighted by molar-refractivity contribution is 5.86. The van der Waals surface area contributed by atoms with E-state index in [9.17, 15) is 9.59 Å². The monoisotopic (exact) mass is 250 g/mol. The lowest BCUT2D eigenvalue weighted by atomic mass is 9.94. The molecule has 0 heterocycles. The van der Waals surface area contributed by atoms with Gasteiger partial charge < -0.3 is 21.7 Å². The molecule has 0 aromatic heterocycles. The summed E-state index contributed by atoms with van der Waals surface area (Å²) in [7, 11) is 0. The fourth-order valence-electron chi connectivity index (χ4n) is 1.39. The van der Waals surface area contributed by atoms with Crippen molar-refractivity contribution in [1.82, 2.24) is 0 Å². The Kier molecular flexibility index (Phi) is 11.0. The topological polar surface area (TPSA) is 130 Å². The number of carbonyl (C=O) groups excluding carboxylic acids is 1. The fourth-order valence-corrected chi connectivity index (χ4v) is 1.39. The van der Waals surface area contributed by atoms with Crippen LogP contribution in [-0.2, 0) is 9.59 Å². The predicted octanol–water partition coefficient (Wildman–Crippen LogP) is -1.70. The highest BCUT2D eigenvalue weighted by Crippen LogP contribution is 2.13. The van der Waals surface area contributed by atoms with Gasteiger partial charge in [-0.3, -0.25) is 9.59 Å². The first-order valence-electron chi connectivity index (χ1n) is 5.51. The quantitative estimate of drug-likeness (QED) is 0.363. The second-order valence-electron chi connectivity index (χ2n) is 3.93. The van der Waals surface area contributed by atoms with Gasteiger partial charge in [0, 0.05) is 6.42 Å². The minimum Gasteiger partial charge on any atom is -0.481 e. The minimum absolute atomic E-state index is 0. The molecular formula is C11H26N2O4+2. The maximum absolute atomic E-state index is 11.4. The Bertz CT molecular complexity index is 234. The molecule has 17 heavy (non-hydrogen) atoms. The van der Waals surface area contributed by atoms with E-state index in [1.807, 2.05) is 0 Å². The summed E-state index contributed by atoms with van der Waals surface area (Å²) in [6.45, 7) is 0.443. The molecule has 102 valence electrons. The molecular weight excluding hydrogens is 224 g/mol. The molecule has 2 atom stereocenters. The van der Waals surface area contributed by atoms with Crippen LogP contribution < -0.4 is 11.5 Å². The molecule has 0 aromatic carbocycles. The Balaban J connectivity index is 0. The van der Waals surface area contributed by atoms with Crippen LogP contribution in [0.4, 0.5) is 0 Å². The molecule has 6 nitrogen and oxygen atoms in total. The van der Waals surface area contributed by atoms with Crippen molar-refractivity contribution in [2.45, 2.75) is 39.2 Å². The smallest absolute Gasteiger partial charge is 0.306 e. The molecule has 0 radical (unpaired) electrons. The molecule has 0 bridgehead atoms. The molecule has 0 fully saturated rings. The fraction of sp³-hybridized carbons (Fsp3) is 0.818. The van der Waals surface area contributed by atoms with Crippen LogP contribution in [0.3, 0.4) is 0 Å². The first-order chi connectivity index (χ1) is 7.52. The maximum atomic E-state index is 11.4. The van der Waals surface area contributed by atoms with Crippen molar-refractivity contribution < 1.29 is 31.3 Å². The molecule has 0 rings (SSSR count). The molecule has 8 N–H and O–H groups in total. The van der Waals surface area contributed by atoms with Gasteiger partial charge in [-0.15, -0.1) is 0 Å². The first kappa shape index (κ1) is 18.4. The van der Waals surface area contributed by atoms with Crippen LogP contribution >= 0.6 is 0 Å². The van der Waals surface area contributed by atoms with Gasteiger partial charge in [0.1, 0.15) is 6.61 Å². The molecule has 6 heteroatoms. The SMILES string of the molecule is C.[NH3+]CCCCC(CC(=O)C([NH3+])CO)C(=O)O. The number of aliphatic hydroxyl groups is 1. The van der Waals surface area contributed by atoms with Gasteiger partial charge in [-0.25, -0.2) is 0 Å². The van der Waals surface area contributed by atoms with Gasteiger partial charge in [-0.1, -0.05) is 7.43 Å². The van der Waals surface area contributed by atoms with E-state index in [0.717, 1.165) is 19.4 Å². The lowest BCUT2D eigenvalue weighted by Gasteiger charge is -2.11. The van der Waals surface area contributed by atoms with Crippen molar-refractivity contribution in [3.05, 3.63) is 0 Å². The summed E-state index contributed by atoms with van der Waals surface area (Å²) in [6.07, 6.45) is 2.07. The third-order valence-electron chi connectivity index (χ3n) is 2.53. The molecule has 0 spiro atoms. The number of quaternary nitrogens is 2. The van der Waals surface area contributed by atoms with Gasteiger partial charge in [-0.2, -0.15) is 0 Å². The molecule has 0 saturated heterocycles. The molecule has 0 aliphatic heterocycles. The van der Waals surface area contributed by atoms with Crippen molar-refractivity contribution in [3.8, 4) is 0 Å². The second kappa shape index (κ2) is 10.2. The number of ketones is 1. The van der Waals surface area contributed by atoms with Crippen LogP contribution in [0.5, 0.6) is 0 Å². The number of aliphatic carboxylic acids is 1. The summed E-state index contributed by atoms with van der Waals surface area (Å²) >= 11 is 0. The number of carbonyl (C=O) groups is 2. The summed E-state index contributed by atoms with van der Waals surface area (Å²) in [4.78, 5) is 22.3. The van der Waals surface area contributed by atoms with E-state index in [0.29, 0.717) is 6.42 Å². The zero-order valence-electron chi connectivity index (χ0n) is 9.52. The van der Waals surface area contributed by atoms with Gasteiger partial charge in [0.25, 0.3) is 0 Å². The highest BCUT2D eigenvalue weighted by atomic mass is 16.4. The zero-order chi connectivity index (χ0) is 12.6. The predicted molar refractivity (Wildman–Crippen MR) is 62.8 cm³/mol. The van der Waals surface area contributed by atoms with Crippen molar-refractivity contribution in [1.29, 1.82) is 0 Å². The van der Waals surface area contributed by atoms with Crippen molar-refractivity contribution in [2.24, 2.45) is 5.92 Å². The molecule has 0 aliphatic carbocycles. The number of hydrogen-bond donors (Lipinski definition) is 4. The van der Waals surface area contributed by atoms with Crippen molar-refractivity contribution in [2.75, 3.05) is 13.2 Å². The van der Waals surface area contributed by atoms with Gasteiger partial charge in [0.15, 0.2) is 11.8 Å². The maximum Gasteiger partial charge on any atom is 0.306 e. The Morgan fingerprint density at radius 1 is 1.24 bits per heavy atom. The van der Waals surface area contributed by atoms with Crippen LogP contribution in [0, 0.1) is 5.92 Å². The number of hydrogen-bond acceptors (Lipinski definition) is 3. The van der Waals surface area contributed by atoms with E-state index in [1.165, 1.54) is 0 Å². The van der Waals surface area contributed by atoms with E-state index in [-0.39, 0.29) is 26.2 Å². The van der Waals surface area contributed by atoms with E-state index < -0.39 is 17.9 Å². The van der Waals surface area contributed by atoms with E-state index >= 15 is 0 Å². The van der Waals surface area contributed by atoms with Gasteiger partial charge in [0.2, 0.25) is 0 Å². The number of aliphatic hydroxyl groups excluding tert-OH is 1. The summed E-state index contributed by atoms with van der Waals surface area (Å²) in [5.74, 6) is -1.90. The average Bonchev–Trinajstić information content (AvgIpc) is 2.26. The number of unbranched alkanes of at least 4 members (excludes halogenated alkanes) is 1. The van der Waals surface area contributed by atoms with E-state index in [1.54, 1.807) is 0 Å². The summed E-state index contributed by atoms with van der Waals surface area (Å²) in [5.41, 5.74) is 7.14. The molecule has 0 amide bonds. The summed E-state index contributed by atoms with van der Waals surface area (Å²) in [5, 5.41) is 17.7. The van der Waals surface area contributed by atoms with E-state index in [4.69, 9.17) is 10.2 Å². The van der Waals surface area contributed by atoms with Gasteiger partial charge in [-0.05, 0) is 19.3 Å². The Labute approximate surface area is 102 Å². The lowest BCUT2D eigenvalue weighted by Crippen LogP contribution is -2.67. The molecule has 2 unspecified atom stereocenters. The molecule has 0 aliphatic rings. The number of Topliss-reactive ketones (excluding diaryl/α,β-unsaturated/α-hetero) is 1. The van der Waals surface area contributed by atoms with Crippen LogP contribution in [0.2, 0.25) is 0 Å². The third-order valence-corrected chi connectivity index (χ3v) is 2.53. The second-order valence-corrected chi connectivity index (χ2v) is 3.93. The molecule has 0 saturated carbocycles. The first-order valence-corrected chi connectivity index (χ1v) is 5.51. The van der Waals surface area contributed by atoms with Crippen molar-refractivity contribution in [3.63, 3.8) is 0 Å². The Morgan fingerprint density at radius 2 is 1.82 bits per heavy atom. The summed E-state index contributed by atoms with van der Waals surface area (Å²) < 4.78 is 0. The Hall–Kier alpha value is -0.980. The van der Waals surface area contributed by atoms with Crippen LogP contribution in [0.25, 0.3) is 0 Å². The molecule has 0 aromatic rings. The van der Waals surface area contributed by atoms with Crippen LogP contribution in [0.15, 0.2) is 0 Å². The van der Waals surface area contributed by atoms with Gasteiger partial charge in [0.05, 0.1) is 12.5 Å². The summed E-state index contributed by atoms with van der Waals surface area (Å²) in [6, 6.07) is -0.713. The van der Waals surface area contributed by atoms with Gasteiger partial charge >= 0.3 is 5.97 Å². The Morgan fingerprint density at radius 3 is 2.24 bits per heavy atom. The van der Waals surface area contributed by atoms with Crippen LogP contribution in [-0.4, -0.2) is 41.2 Å². The number of rotatable bonds is 9. The largest absolute Gasteiger partial charge is 0.481 e. The third kappa shape index (κ3) is 7.84.